The van der Waals surface area contributed by atoms with Crippen LogP contribution >= 0.6 is 0 Å². The van der Waals surface area contributed by atoms with Crippen LogP contribution in [0.5, 0.6) is 0 Å². The topological polar surface area (TPSA) is 43.3 Å². The van der Waals surface area contributed by atoms with Crippen molar-refractivity contribution in [3.8, 4) is 0 Å². The van der Waals surface area contributed by atoms with Crippen LogP contribution in [-0.4, -0.2) is 35.5 Å². The van der Waals surface area contributed by atoms with Crippen LogP contribution in [0.1, 0.15) is 25.7 Å². The van der Waals surface area contributed by atoms with Crippen molar-refractivity contribution in [1.29, 1.82) is 0 Å². The van der Waals surface area contributed by atoms with E-state index in [4.69, 9.17) is 0 Å². The predicted molar refractivity (Wildman–Crippen MR) is 46.2 cm³/mol. The van der Waals surface area contributed by atoms with Gasteiger partial charge in [0.2, 0.25) is 0 Å². The summed E-state index contributed by atoms with van der Waals surface area (Å²) >= 11 is 0. The first-order valence-corrected chi connectivity index (χ1v) is 4.80. The van der Waals surface area contributed by atoms with Gasteiger partial charge in [-0.2, -0.15) is 0 Å². The Morgan fingerprint density at radius 1 is 1.33 bits per heavy atom. The molecular weight excluding hydrogens is 154 g/mol. The summed E-state index contributed by atoms with van der Waals surface area (Å²) in [4.78, 5) is 0. The van der Waals surface area contributed by atoms with Gasteiger partial charge in [-0.25, -0.2) is 0 Å². The molecule has 70 valence electrons. The molecule has 0 radical (unpaired) electrons. The van der Waals surface area contributed by atoms with E-state index < -0.39 is 5.60 Å². The van der Waals surface area contributed by atoms with Gasteiger partial charge >= 0.3 is 0 Å². The maximum atomic E-state index is 11.5. The third kappa shape index (κ3) is 1.49. The van der Waals surface area contributed by atoms with Crippen molar-refractivity contribution in [2.24, 2.45) is 5.92 Å². The monoisotopic (exact) mass is 171 g/mol. The highest BCUT2D eigenvalue weighted by Crippen LogP contribution is 2.45. The number of hydrogen-bond donors (Lipinski definition) is 1. The first kappa shape index (κ1) is 8.48. The van der Waals surface area contributed by atoms with Crippen LogP contribution in [0.25, 0.3) is 0 Å². The van der Waals surface area contributed by atoms with Gasteiger partial charge in [0.25, 0.3) is 0 Å². The van der Waals surface area contributed by atoms with Crippen molar-refractivity contribution in [3.63, 3.8) is 0 Å². The summed E-state index contributed by atoms with van der Waals surface area (Å²) < 4.78 is -0.158. The average molecular weight is 171 g/mol. The molecule has 0 unspecified atom stereocenters. The number of nitrogens with zero attached hydrogens (tertiary/aromatic N) is 1. The molecule has 1 saturated carbocycles. The Bertz CT molecular complexity index is 177. The number of hydrogen-bond acceptors (Lipinski definition) is 2. The molecule has 0 aromatic heterocycles. The molecule has 3 heteroatoms. The van der Waals surface area contributed by atoms with E-state index in [0.717, 1.165) is 0 Å². The molecule has 0 amide bonds. The fourth-order valence-corrected chi connectivity index (χ4v) is 2.13. The minimum absolute atomic E-state index is 0.158. The Morgan fingerprint density at radius 3 is 2.25 bits per heavy atom. The molecule has 1 N–H and O–H groups in total. The summed E-state index contributed by atoms with van der Waals surface area (Å²) in [5, 5.41) is 21.6. The first-order valence-electron chi connectivity index (χ1n) is 4.80. The molecule has 0 aromatic rings. The standard InChI is InChI=1S/C9H17NO2/c1-10(12)6-4-9(11,5-7-10)8-2-3-8/h8,11H,2-7H2,1H3. The van der Waals surface area contributed by atoms with Gasteiger partial charge < -0.3 is 15.0 Å². The van der Waals surface area contributed by atoms with E-state index in [1.165, 1.54) is 12.8 Å². The van der Waals surface area contributed by atoms with E-state index in [9.17, 15) is 10.3 Å². The molecule has 0 atom stereocenters. The van der Waals surface area contributed by atoms with Gasteiger partial charge in [-0.15, -0.1) is 0 Å². The molecule has 2 rings (SSSR count). The lowest BCUT2D eigenvalue weighted by Gasteiger charge is -2.47. The zero-order valence-corrected chi connectivity index (χ0v) is 7.62. The molecule has 1 aliphatic carbocycles. The molecule has 0 spiro atoms. The summed E-state index contributed by atoms with van der Waals surface area (Å²) in [6.07, 6.45) is 3.74. The van der Waals surface area contributed by atoms with Gasteiger partial charge in [-0.3, -0.25) is 0 Å². The largest absolute Gasteiger partial charge is 0.633 e. The second-order valence-corrected chi connectivity index (χ2v) is 4.62. The molecule has 3 nitrogen and oxygen atoms in total. The minimum Gasteiger partial charge on any atom is -0.633 e. The molecule has 0 aromatic carbocycles. The highest BCUT2D eigenvalue weighted by molar-refractivity contribution is 4.95. The number of hydroxylamine groups is 3. The normalized spacial score (nSPS) is 49.2. The molecule has 1 saturated heterocycles. The maximum Gasteiger partial charge on any atom is 0.0809 e. The van der Waals surface area contributed by atoms with E-state index in [1.807, 2.05) is 0 Å². The van der Waals surface area contributed by atoms with E-state index in [1.54, 1.807) is 7.05 Å². The molecule has 1 aliphatic heterocycles. The quantitative estimate of drug-likeness (QED) is 0.470. The molecule has 2 aliphatic rings. The van der Waals surface area contributed by atoms with E-state index in [-0.39, 0.29) is 4.65 Å². The predicted octanol–water partition coefficient (Wildman–Crippen LogP) is 0.866. The molecular formula is C9H17NO2. The summed E-state index contributed by atoms with van der Waals surface area (Å²) in [5.74, 6) is 0.512. The Morgan fingerprint density at radius 2 is 1.83 bits per heavy atom. The van der Waals surface area contributed by atoms with Crippen molar-refractivity contribution in [2.45, 2.75) is 31.3 Å². The minimum atomic E-state index is -0.470. The smallest absolute Gasteiger partial charge is 0.0809 e. The van der Waals surface area contributed by atoms with Crippen LogP contribution in [-0.2, 0) is 0 Å². The van der Waals surface area contributed by atoms with Gasteiger partial charge in [0.1, 0.15) is 0 Å². The lowest BCUT2D eigenvalue weighted by atomic mass is 9.87. The van der Waals surface area contributed by atoms with Crippen LogP contribution in [0, 0.1) is 11.1 Å². The average Bonchev–Trinajstić information content (AvgIpc) is 2.78. The Balaban J connectivity index is 1.96. The van der Waals surface area contributed by atoms with Crippen molar-refractivity contribution in [3.05, 3.63) is 5.21 Å². The second kappa shape index (κ2) is 2.44. The molecule has 0 bridgehead atoms. The van der Waals surface area contributed by atoms with Crippen LogP contribution in [0.4, 0.5) is 0 Å². The van der Waals surface area contributed by atoms with Crippen LogP contribution in [0.2, 0.25) is 0 Å². The fraction of sp³-hybridized carbons (Fsp3) is 1.00. The van der Waals surface area contributed by atoms with E-state index in [2.05, 4.69) is 0 Å². The molecule has 2 fully saturated rings. The van der Waals surface area contributed by atoms with Gasteiger partial charge in [0, 0.05) is 12.8 Å². The molecule has 1 heterocycles. The number of likely N-dealkylation sites (tertiary alicyclic amines) is 1. The number of aliphatic hydroxyl groups is 1. The van der Waals surface area contributed by atoms with Gasteiger partial charge in [-0.05, 0) is 18.8 Å². The highest BCUT2D eigenvalue weighted by Gasteiger charge is 2.47. The zero-order valence-electron chi connectivity index (χ0n) is 7.62. The van der Waals surface area contributed by atoms with E-state index in [0.29, 0.717) is 31.8 Å². The van der Waals surface area contributed by atoms with Crippen LogP contribution in [0.15, 0.2) is 0 Å². The Hall–Kier alpha value is -0.120. The zero-order chi connectivity index (χ0) is 8.82. The van der Waals surface area contributed by atoms with E-state index >= 15 is 0 Å². The Labute approximate surface area is 73.2 Å². The van der Waals surface area contributed by atoms with Crippen LogP contribution in [0.3, 0.4) is 0 Å². The van der Waals surface area contributed by atoms with Crippen molar-refractivity contribution in [1.82, 2.24) is 0 Å². The summed E-state index contributed by atoms with van der Waals surface area (Å²) in [7, 11) is 1.70. The van der Waals surface area contributed by atoms with Crippen molar-refractivity contribution < 1.29 is 9.75 Å². The SMILES string of the molecule is C[N+]1([O-])CCC(O)(C2CC2)CC1. The summed E-state index contributed by atoms with van der Waals surface area (Å²) in [6, 6.07) is 0. The third-order valence-electron chi connectivity index (χ3n) is 3.37. The Kier molecular flexibility index (Phi) is 1.72. The first-order chi connectivity index (χ1) is 5.52. The van der Waals surface area contributed by atoms with Crippen molar-refractivity contribution in [2.75, 3.05) is 20.1 Å². The summed E-state index contributed by atoms with van der Waals surface area (Å²) in [5.41, 5.74) is -0.470. The lowest BCUT2D eigenvalue weighted by molar-refractivity contribution is -0.868. The third-order valence-corrected chi connectivity index (χ3v) is 3.37. The van der Waals surface area contributed by atoms with Gasteiger partial charge in [-0.1, -0.05) is 0 Å². The maximum absolute atomic E-state index is 11.5. The fourth-order valence-electron chi connectivity index (χ4n) is 2.13. The molecule has 12 heavy (non-hydrogen) atoms. The lowest BCUT2D eigenvalue weighted by Crippen LogP contribution is -2.52. The van der Waals surface area contributed by atoms with Gasteiger partial charge in [0.15, 0.2) is 0 Å². The van der Waals surface area contributed by atoms with Crippen LogP contribution < -0.4 is 0 Å². The highest BCUT2D eigenvalue weighted by atomic mass is 16.5. The second-order valence-electron chi connectivity index (χ2n) is 4.62. The number of piperidine rings is 1. The number of rotatable bonds is 1. The van der Waals surface area contributed by atoms with Crippen molar-refractivity contribution >= 4 is 0 Å². The van der Waals surface area contributed by atoms with Gasteiger partial charge in [0.05, 0.1) is 25.7 Å². The summed E-state index contributed by atoms with van der Waals surface area (Å²) in [6.45, 7) is 1.18. The number of quaternary nitrogens is 1.